The second kappa shape index (κ2) is 4.12. The van der Waals surface area contributed by atoms with E-state index in [4.69, 9.17) is 5.26 Å². The topological polar surface area (TPSA) is 70.0 Å². The van der Waals surface area contributed by atoms with Crippen LogP contribution in [0.3, 0.4) is 0 Å². The van der Waals surface area contributed by atoms with E-state index >= 15 is 0 Å². The number of thioether (sulfide) groups is 1. The number of sulfonamides is 1. The van der Waals surface area contributed by atoms with Gasteiger partial charge in [-0.2, -0.15) is 17.0 Å². The lowest BCUT2D eigenvalue weighted by Gasteiger charge is -2.08. The summed E-state index contributed by atoms with van der Waals surface area (Å²) in [6.07, 6.45) is 0.870. The van der Waals surface area contributed by atoms with Gasteiger partial charge in [0.15, 0.2) is 5.75 Å². The second-order valence-corrected chi connectivity index (χ2v) is 5.50. The monoisotopic (exact) mass is 206 g/mol. The van der Waals surface area contributed by atoms with Crippen LogP contribution in [0.5, 0.6) is 0 Å². The fourth-order valence-electron chi connectivity index (χ4n) is 1.01. The highest BCUT2D eigenvalue weighted by Gasteiger charge is 2.20. The molecule has 0 spiro atoms. The van der Waals surface area contributed by atoms with E-state index in [9.17, 15) is 8.42 Å². The fraction of sp³-hybridized carbons (Fsp3) is 0.833. The lowest BCUT2D eigenvalue weighted by molar-refractivity contribution is 0.566. The Morgan fingerprint density at radius 2 is 2.42 bits per heavy atom. The highest BCUT2D eigenvalue weighted by molar-refractivity contribution is 7.99. The molecular weight excluding hydrogens is 196 g/mol. The summed E-state index contributed by atoms with van der Waals surface area (Å²) in [7, 11) is -3.34. The summed E-state index contributed by atoms with van der Waals surface area (Å²) in [6.45, 7) is 0. The van der Waals surface area contributed by atoms with Crippen molar-refractivity contribution in [1.29, 1.82) is 5.26 Å². The second-order valence-electron chi connectivity index (χ2n) is 2.60. The standard InChI is InChI=1S/C6H10N2O2S2/c7-2-4-12(9,10)8-6-1-3-11-5-6/h6,8H,1,3-5H2. The Kier molecular flexibility index (Phi) is 3.38. The number of nitrogens with one attached hydrogen (secondary N) is 1. The molecule has 1 atom stereocenters. The third-order valence-electron chi connectivity index (χ3n) is 1.53. The van der Waals surface area contributed by atoms with Crippen molar-refractivity contribution < 1.29 is 8.42 Å². The van der Waals surface area contributed by atoms with Crippen molar-refractivity contribution in [1.82, 2.24) is 4.72 Å². The smallest absolute Gasteiger partial charge is 0.211 e. The van der Waals surface area contributed by atoms with Crippen LogP contribution < -0.4 is 4.72 Å². The van der Waals surface area contributed by atoms with Crippen molar-refractivity contribution in [2.45, 2.75) is 12.5 Å². The molecule has 1 aliphatic heterocycles. The Morgan fingerprint density at radius 1 is 1.67 bits per heavy atom. The Morgan fingerprint density at radius 3 is 2.92 bits per heavy atom. The van der Waals surface area contributed by atoms with Crippen molar-refractivity contribution in [3.05, 3.63) is 0 Å². The largest absolute Gasteiger partial charge is 0.225 e. The van der Waals surface area contributed by atoms with Crippen molar-refractivity contribution in [2.24, 2.45) is 0 Å². The molecule has 1 unspecified atom stereocenters. The first-order chi connectivity index (χ1) is 5.64. The molecule has 0 amide bonds. The van der Waals surface area contributed by atoms with Gasteiger partial charge in [-0.3, -0.25) is 0 Å². The summed E-state index contributed by atoms with van der Waals surface area (Å²) in [5.41, 5.74) is 0. The first kappa shape index (κ1) is 9.84. The number of nitrogens with zero attached hydrogens (tertiary/aromatic N) is 1. The van der Waals surface area contributed by atoms with Gasteiger partial charge < -0.3 is 0 Å². The summed E-state index contributed by atoms with van der Waals surface area (Å²) < 4.78 is 24.6. The van der Waals surface area contributed by atoms with E-state index in [0.29, 0.717) is 0 Å². The lowest BCUT2D eigenvalue weighted by Crippen LogP contribution is -2.35. The SMILES string of the molecule is N#CCS(=O)(=O)NC1CCSC1. The molecule has 0 saturated carbocycles. The summed E-state index contributed by atoms with van der Waals surface area (Å²) >= 11 is 1.73. The van der Waals surface area contributed by atoms with Crippen LogP contribution in [0.15, 0.2) is 0 Å². The van der Waals surface area contributed by atoms with Crippen LogP contribution in [0.1, 0.15) is 6.42 Å². The van der Waals surface area contributed by atoms with Crippen LogP contribution in [-0.2, 0) is 10.0 Å². The zero-order valence-electron chi connectivity index (χ0n) is 6.49. The van der Waals surface area contributed by atoms with Crippen LogP contribution >= 0.6 is 11.8 Å². The van der Waals surface area contributed by atoms with Gasteiger partial charge >= 0.3 is 0 Å². The van der Waals surface area contributed by atoms with Gasteiger partial charge in [0.1, 0.15) is 0 Å². The lowest BCUT2D eigenvalue weighted by atomic mass is 10.3. The Bertz CT molecular complexity index is 274. The van der Waals surface area contributed by atoms with E-state index in [1.165, 1.54) is 0 Å². The highest BCUT2D eigenvalue weighted by atomic mass is 32.2. The maximum absolute atomic E-state index is 11.0. The first-order valence-electron chi connectivity index (χ1n) is 3.59. The van der Waals surface area contributed by atoms with Gasteiger partial charge in [0.25, 0.3) is 0 Å². The third-order valence-corrected chi connectivity index (χ3v) is 3.89. The molecule has 1 fully saturated rings. The van der Waals surface area contributed by atoms with E-state index in [1.54, 1.807) is 17.8 Å². The van der Waals surface area contributed by atoms with Crippen LogP contribution in [0.4, 0.5) is 0 Å². The zero-order valence-corrected chi connectivity index (χ0v) is 8.12. The number of rotatable bonds is 3. The Labute approximate surface area is 76.4 Å². The van der Waals surface area contributed by atoms with E-state index in [0.717, 1.165) is 17.9 Å². The van der Waals surface area contributed by atoms with Gasteiger partial charge in [0.2, 0.25) is 10.0 Å². The molecule has 1 aliphatic rings. The molecule has 0 aromatic heterocycles. The fourth-order valence-corrected chi connectivity index (χ4v) is 3.23. The van der Waals surface area contributed by atoms with Gasteiger partial charge in [-0.25, -0.2) is 13.1 Å². The highest BCUT2D eigenvalue weighted by Crippen LogP contribution is 2.17. The Hall–Kier alpha value is -0.250. The van der Waals surface area contributed by atoms with E-state index in [1.807, 2.05) is 0 Å². The van der Waals surface area contributed by atoms with Gasteiger partial charge in [0, 0.05) is 11.8 Å². The van der Waals surface area contributed by atoms with Gasteiger partial charge in [-0.15, -0.1) is 0 Å². The van der Waals surface area contributed by atoms with Crippen LogP contribution in [0, 0.1) is 11.3 Å². The average Bonchev–Trinajstić information content (AvgIpc) is 2.38. The van der Waals surface area contributed by atoms with Crippen molar-refractivity contribution in [3.63, 3.8) is 0 Å². The van der Waals surface area contributed by atoms with Crippen LogP contribution in [-0.4, -0.2) is 31.7 Å². The first-order valence-corrected chi connectivity index (χ1v) is 6.39. The quantitative estimate of drug-likeness (QED) is 0.702. The molecule has 1 heterocycles. The minimum Gasteiger partial charge on any atom is -0.211 e. The zero-order chi connectivity index (χ0) is 9.03. The molecule has 4 nitrogen and oxygen atoms in total. The molecule has 1 N–H and O–H groups in total. The van der Waals surface area contributed by atoms with Crippen molar-refractivity contribution >= 4 is 21.8 Å². The average molecular weight is 206 g/mol. The van der Waals surface area contributed by atoms with Crippen molar-refractivity contribution in [2.75, 3.05) is 17.3 Å². The molecule has 1 rings (SSSR count). The predicted molar refractivity (Wildman–Crippen MR) is 48.3 cm³/mol. The van der Waals surface area contributed by atoms with Gasteiger partial charge in [-0.1, -0.05) is 0 Å². The molecule has 0 aromatic carbocycles. The molecular formula is C6H10N2O2S2. The summed E-state index contributed by atoms with van der Waals surface area (Å²) in [5, 5.41) is 8.20. The maximum atomic E-state index is 11.0. The van der Waals surface area contributed by atoms with E-state index in [2.05, 4.69) is 4.72 Å². The molecule has 0 aromatic rings. The van der Waals surface area contributed by atoms with Crippen LogP contribution in [0.2, 0.25) is 0 Å². The van der Waals surface area contributed by atoms with E-state index < -0.39 is 15.8 Å². The van der Waals surface area contributed by atoms with Gasteiger partial charge in [-0.05, 0) is 12.2 Å². The third kappa shape index (κ3) is 3.01. The van der Waals surface area contributed by atoms with E-state index in [-0.39, 0.29) is 6.04 Å². The molecule has 68 valence electrons. The van der Waals surface area contributed by atoms with Crippen molar-refractivity contribution in [3.8, 4) is 6.07 Å². The molecule has 6 heteroatoms. The molecule has 0 bridgehead atoms. The molecule has 1 saturated heterocycles. The number of nitriles is 1. The normalized spacial score (nSPS) is 23.8. The number of hydrogen-bond donors (Lipinski definition) is 1. The van der Waals surface area contributed by atoms with Gasteiger partial charge in [0.05, 0.1) is 6.07 Å². The summed E-state index contributed by atoms with van der Waals surface area (Å²) in [6, 6.07) is 1.66. The summed E-state index contributed by atoms with van der Waals surface area (Å²) in [5.74, 6) is 1.39. The molecule has 0 aliphatic carbocycles. The molecule has 12 heavy (non-hydrogen) atoms. The predicted octanol–water partition coefficient (Wildman–Crippen LogP) is -0.0651. The molecule has 0 radical (unpaired) electrons. The Balaban J connectivity index is 2.44. The number of hydrogen-bond acceptors (Lipinski definition) is 4. The minimum atomic E-state index is -3.34. The van der Waals surface area contributed by atoms with Crippen LogP contribution in [0.25, 0.3) is 0 Å². The summed E-state index contributed by atoms with van der Waals surface area (Å²) in [4.78, 5) is 0. The maximum Gasteiger partial charge on any atom is 0.225 e. The minimum absolute atomic E-state index is 0.0355.